The largest absolute Gasteiger partial charge is 0.478 e. The van der Waals surface area contributed by atoms with Crippen molar-refractivity contribution < 1.29 is 14.3 Å². The second-order valence-electron chi connectivity index (χ2n) is 4.78. The van der Waals surface area contributed by atoms with E-state index in [0.29, 0.717) is 17.1 Å². The van der Waals surface area contributed by atoms with E-state index in [1.807, 2.05) is 28.8 Å². The Hall–Kier alpha value is -2.33. The van der Waals surface area contributed by atoms with Crippen LogP contribution in [0.1, 0.15) is 15.9 Å². The third-order valence-electron chi connectivity index (χ3n) is 3.30. The van der Waals surface area contributed by atoms with Crippen LogP contribution in [0.2, 0.25) is 5.02 Å². The van der Waals surface area contributed by atoms with Crippen molar-refractivity contribution in [3.05, 3.63) is 70.6 Å². The fourth-order valence-electron chi connectivity index (χ4n) is 2.39. The lowest BCUT2D eigenvalue weighted by molar-refractivity contribution is 0.0696. The lowest BCUT2D eigenvalue weighted by Crippen LogP contribution is -2.03. The lowest BCUT2D eigenvalue weighted by atomic mass is 10.1. The zero-order valence-electron chi connectivity index (χ0n) is 10.9. The molecule has 3 aromatic rings. The van der Waals surface area contributed by atoms with Gasteiger partial charge in [-0.3, -0.25) is 0 Å². The molecule has 5 heteroatoms. The summed E-state index contributed by atoms with van der Waals surface area (Å²) in [6.07, 6.45) is 1.76. The minimum absolute atomic E-state index is 0.0624. The van der Waals surface area contributed by atoms with Crippen molar-refractivity contribution in [2.24, 2.45) is 0 Å². The molecule has 0 atom stereocenters. The molecule has 0 saturated heterocycles. The van der Waals surface area contributed by atoms with E-state index in [4.69, 9.17) is 16.7 Å². The molecular formula is C16H11ClFNO2. The van der Waals surface area contributed by atoms with Crippen LogP contribution in [0, 0.1) is 5.82 Å². The molecule has 3 rings (SSSR count). The molecule has 1 aromatic heterocycles. The summed E-state index contributed by atoms with van der Waals surface area (Å²) in [7, 11) is 0. The van der Waals surface area contributed by atoms with Gasteiger partial charge in [0, 0.05) is 23.6 Å². The summed E-state index contributed by atoms with van der Waals surface area (Å²) in [5.74, 6) is -1.71. The van der Waals surface area contributed by atoms with Gasteiger partial charge in [0.05, 0.1) is 10.6 Å². The number of fused-ring (bicyclic) bond motifs is 1. The van der Waals surface area contributed by atoms with Crippen LogP contribution >= 0.6 is 11.6 Å². The van der Waals surface area contributed by atoms with E-state index in [-0.39, 0.29) is 5.56 Å². The highest BCUT2D eigenvalue weighted by molar-refractivity contribution is 6.35. The Bertz CT molecular complexity index is 841. The zero-order chi connectivity index (χ0) is 15.0. The number of benzene rings is 2. The highest BCUT2D eigenvalue weighted by atomic mass is 35.5. The number of halogens is 2. The van der Waals surface area contributed by atoms with Crippen LogP contribution in [0.3, 0.4) is 0 Å². The summed E-state index contributed by atoms with van der Waals surface area (Å²) < 4.78 is 15.4. The summed E-state index contributed by atoms with van der Waals surface area (Å²) in [6, 6.07) is 11.4. The van der Waals surface area contributed by atoms with Crippen LogP contribution in [-0.2, 0) is 6.54 Å². The lowest BCUT2D eigenvalue weighted by Gasteiger charge is -2.07. The van der Waals surface area contributed by atoms with Gasteiger partial charge in [0.15, 0.2) is 0 Å². The van der Waals surface area contributed by atoms with Gasteiger partial charge in [0.25, 0.3) is 0 Å². The number of carbonyl (C=O) groups is 1. The first-order chi connectivity index (χ1) is 10.0. The Kier molecular flexibility index (Phi) is 3.39. The van der Waals surface area contributed by atoms with Crippen molar-refractivity contribution in [3.63, 3.8) is 0 Å². The molecule has 106 valence electrons. The molecule has 0 fully saturated rings. The topological polar surface area (TPSA) is 42.2 Å². The van der Waals surface area contributed by atoms with Crippen molar-refractivity contribution in [2.45, 2.75) is 6.54 Å². The molecule has 0 bridgehead atoms. The van der Waals surface area contributed by atoms with Gasteiger partial charge in [-0.05, 0) is 29.8 Å². The number of hydrogen-bond acceptors (Lipinski definition) is 1. The molecule has 0 saturated carbocycles. The number of nitrogens with zero attached hydrogens (tertiary/aromatic N) is 1. The second kappa shape index (κ2) is 5.22. The first-order valence-electron chi connectivity index (χ1n) is 6.31. The Morgan fingerprint density at radius 2 is 2.00 bits per heavy atom. The van der Waals surface area contributed by atoms with E-state index in [1.54, 1.807) is 6.20 Å². The van der Waals surface area contributed by atoms with Gasteiger partial charge >= 0.3 is 5.97 Å². The predicted octanol–water partition coefficient (Wildman–Crippen LogP) is 4.18. The minimum atomic E-state index is -1.15. The molecule has 0 radical (unpaired) electrons. The van der Waals surface area contributed by atoms with Crippen molar-refractivity contribution in [2.75, 3.05) is 0 Å². The van der Waals surface area contributed by atoms with Gasteiger partial charge in [-0.25, -0.2) is 9.18 Å². The van der Waals surface area contributed by atoms with Crippen LogP contribution in [0.25, 0.3) is 10.9 Å². The van der Waals surface area contributed by atoms with E-state index in [0.717, 1.165) is 17.0 Å². The fraction of sp³-hybridized carbons (Fsp3) is 0.0625. The zero-order valence-corrected chi connectivity index (χ0v) is 11.6. The number of hydrogen-bond donors (Lipinski definition) is 1. The van der Waals surface area contributed by atoms with Gasteiger partial charge in [0.1, 0.15) is 5.82 Å². The third-order valence-corrected chi connectivity index (χ3v) is 3.60. The highest BCUT2D eigenvalue weighted by Crippen LogP contribution is 2.26. The van der Waals surface area contributed by atoms with Crippen LogP contribution in [-0.4, -0.2) is 15.6 Å². The average Bonchev–Trinajstić information content (AvgIpc) is 2.75. The number of carboxylic acids is 1. The molecule has 21 heavy (non-hydrogen) atoms. The predicted molar refractivity (Wildman–Crippen MR) is 79.4 cm³/mol. The molecule has 0 spiro atoms. The van der Waals surface area contributed by atoms with Crippen LogP contribution in [0.4, 0.5) is 4.39 Å². The number of carboxylic acid groups (broad SMARTS) is 1. The molecule has 0 amide bonds. The Morgan fingerprint density at radius 3 is 2.76 bits per heavy atom. The number of aromatic carboxylic acids is 1. The van der Waals surface area contributed by atoms with Gasteiger partial charge in [-0.15, -0.1) is 0 Å². The monoisotopic (exact) mass is 303 g/mol. The summed E-state index contributed by atoms with van der Waals surface area (Å²) in [5.41, 5.74) is 1.43. The smallest absolute Gasteiger partial charge is 0.335 e. The minimum Gasteiger partial charge on any atom is -0.478 e. The van der Waals surface area contributed by atoms with Crippen molar-refractivity contribution >= 4 is 28.5 Å². The molecule has 0 unspecified atom stereocenters. The van der Waals surface area contributed by atoms with E-state index in [9.17, 15) is 9.18 Å². The third kappa shape index (κ3) is 2.62. The number of para-hydroxylation sites is 1. The van der Waals surface area contributed by atoms with Crippen molar-refractivity contribution in [1.82, 2.24) is 4.57 Å². The van der Waals surface area contributed by atoms with Crippen LogP contribution in [0.15, 0.2) is 48.7 Å². The molecule has 0 aliphatic heterocycles. The molecular weight excluding hydrogens is 293 g/mol. The fourth-order valence-corrected chi connectivity index (χ4v) is 2.67. The quantitative estimate of drug-likeness (QED) is 0.788. The average molecular weight is 304 g/mol. The summed E-state index contributed by atoms with van der Waals surface area (Å²) in [6.45, 7) is 0.352. The summed E-state index contributed by atoms with van der Waals surface area (Å²) >= 11 is 6.17. The molecule has 0 aliphatic rings. The van der Waals surface area contributed by atoms with Gasteiger partial charge < -0.3 is 9.67 Å². The van der Waals surface area contributed by atoms with E-state index in [2.05, 4.69) is 0 Å². The van der Waals surface area contributed by atoms with E-state index >= 15 is 0 Å². The SMILES string of the molecule is O=C(O)c1cc(F)cc(Cn2cc(Cl)c3ccccc32)c1. The standard InChI is InChI=1S/C16H11ClFNO2/c17-14-9-19(15-4-2-1-3-13(14)15)8-10-5-11(16(20)21)7-12(18)6-10/h1-7,9H,8H2,(H,20,21). The number of rotatable bonds is 3. The van der Waals surface area contributed by atoms with Crippen molar-refractivity contribution in [1.29, 1.82) is 0 Å². The molecule has 2 aromatic carbocycles. The Balaban J connectivity index is 2.05. The van der Waals surface area contributed by atoms with Gasteiger partial charge in [0.2, 0.25) is 0 Å². The molecule has 1 heterocycles. The Labute approximate surface area is 125 Å². The normalized spacial score (nSPS) is 11.0. The first kappa shape index (κ1) is 13.6. The molecule has 1 N–H and O–H groups in total. The maximum atomic E-state index is 13.5. The maximum Gasteiger partial charge on any atom is 0.335 e. The first-order valence-corrected chi connectivity index (χ1v) is 6.68. The summed E-state index contributed by atoms with van der Waals surface area (Å²) in [5, 5.41) is 10.5. The second-order valence-corrected chi connectivity index (χ2v) is 5.18. The molecule has 0 aliphatic carbocycles. The van der Waals surface area contributed by atoms with E-state index < -0.39 is 11.8 Å². The summed E-state index contributed by atoms with van der Waals surface area (Å²) in [4.78, 5) is 11.0. The van der Waals surface area contributed by atoms with Gasteiger partial charge in [-0.2, -0.15) is 0 Å². The van der Waals surface area contributed by atoms with E-state index in [1.165, 1.54) is 12.1 Å². The van der Waals surface area contributed by atoms with Crippen molar-refractivity contribution in [3.8, 4) is 0 Å². The Morgan fingerprint density at radius 1 is 1.24 bits per heavy atom. The maximum absolute atomic E-state index is 13.5. The van der Waals surface area contributed by atoms with Crippen LogP contribution in [0.5, 0.6) is 0 Å². The molecule has 3 nitrogen and oxygen atoms in total. The number of aromatic nitrogens is 1. The highest BCUT2D eigenvalue weighted by Gasteiger charge is 2.10. The van der Waals surface area contributed by atoms with Gasteiger partial charge in [-0.1, -0.05) is 29.8 Å². The van der Waals surface area contributed by atoms with Crippen LogP contribution < -0.4 is 0 Å².